The molecule has 3 amide bonds. The molecule has 6 nitrogen and oxygen atoms in total. The molecule has 9 heteroatoms. The van der Waals surface area contributed by atoms with Gasteiger partial charge in [0.2, 0.25) is 0 Å². The summed E-state index contributed by atoms with van der Waals surface area (Å²) in [5, 5.41) is 7.51. The lowest BCUT2D eigenvalue weighted by molar-refractivity contribution is -0.137. The Kier molecular flexibility index (Phi) is 6.17. The topological polar surface area (TPSA) is 79.5 Å². The van der Waals surface area contributed by atoms with E-state index in [9.17, 15) is 22.8 Å². The van der Waals surface area contributed by atoms with E-state index >= 15 is 0 Å². The number of carbonyl (C=O) groups excluding carboxylic acids is 2. The zero-order valence-electron chi connectivity index (χ0n) is 15.5. The van der Waals surface area contributed by atoms with Gasteiger partial charge in [-0.25, -0.2) is 9.59 Å². The average Bonchev–Trinajstić information content (AvgIpc) is 2.52. The van der Waals surface area contributed by atoms with E-state index < -0.39 is 29.5 Å². The molecule has 0 radical (unpaired) electrons. The summed E-state index contributed by atoms with van der Waals surface area (Å²) in [6, 6.07) is 9.74. The van der Waals surface area contributed by atoms with E-state index in [1.54, 1.807) is 39.0 Å². The van der Waals surface area contributed by atoms with Crippen molar-refractivity contribution >= 4 is 29.2 Å². The number of hydrogen-bond donors (Lipinski definition) is 3. The van der Waals surface area contributed by atoms with Crippen LogP contribution in [0.5, 0.6) is 0 Å². The third kappa shape index (κ3) is 6.82. The summed E-state index contributed by atoms with van der Waals surface area (Å²) in [6.07, 6.45) is -5.08. The number of nitrogens with one attached hydrogen (secondary N) is 3. The third-order valence-electron chi connectivity index (χ3n) is 3.24. The van der Waals surface area contributed by atoms with Gasteiger partial charge in [-0.1, -0.05) is 6.07 Å². The molecule has 3 N–H and O–H groups in total. The fourth-order valence-corrected chi connectivity index (χ4v) is 2.13. The molecule has 0 atom stereocenters. The highest BCUT2D eigenvalue weighted by molar-refractivity contribution is 6.00. The van der Waals surface area contributed by atoms with Gasteiger partial charge in [0.15, 0.2) is 0 Å². The number of urea groups is 1. The van der Waals surface area contributed by atoms with Gasteiger partial charge in [0.1, 0.15) is 5.60 Å². The van der Waals surface area contributed by atoms with Crippen LogP contribution in [0, 0.1) is 0 Å². The van der Waals surface area contributed by atoms with E-state index in [4.69, 9.17) is 4.74 Å². The van der Waals surface area contributed by atoms with Crippen molar-refractivity contribution in [3.8, 4) is 0 Å². The minimum absolute atomic E-state index is 0.202. The maximum absolute atomic E-state index is 12.6. The number of benzene rings is 2. The zero-order chi connectivity index (χ0) is 20.9. The van der Waals surface area contributed by atoms with Crippen LogP contribution in [-0.4, -0.2) is 17.7 Å². The fourth-order valence-electron chi connectivity index (χ4n) is 2.13. The van der Waals surface area contributed by atoms with Gasteiger partial charge in [-0.15, -0.1) is 0 Å². The van der Waals surface area contributed by atoms with Crippen molar-refractivity contribution in [2.75, 3.05) is 16.0 Å². The number of ether oxygens (including phenoxy) is 1. The first kappa shape index (κ1) is 21.1. The zero-order valence-corrected chi connectivity index (χ0v) is 15.5. The quantitative estimate of drug-likeness (QED) is 0.624. The van der Waals surface area contributed by atoms with Crippen molar-refractivity contribution in [2.24, 2.45) is 0 Å². The van der Waals surface area contributed by atoms with Gasteiger partial charge in [0, 0.05) is 17.1 Å². The van der Waals surface area contributed by atoms with Crippen molar-refractivity contribution in [1.29, 1.82) is 0 Å². The van der Waals surface area contributed by atoms with Crippen molar-refractivity contribution < 1.29 is 27.5 Å². The Morgan fingerprint density at radius 2 is 1.36 bits per heavy atom. The molecule has 0 spiro atoms. The number of amides is 3. The Balaban J connectivity index is 1.96. The van der Waals surface area contributed by atoms with Gasteiger partial charge in [-0.05, 0) is 63.2 Å². The maximum atomic E-state index is 12.6. The number of alkyl halides is 3. The molecule has 0 saturated carbocycles. The predicted octanol–water partition coefficient (Wildman–Crippen LogP) is 5.70. The van der Waals surface area contributed by atoms with E-state index in [0.29, 0.717) is 11.4 Å². The summed E-state index contributed by atoms with van der Waals surface area (Å²) in [5.74, 6) is 0. The Morgan fingerprint density at radius 1 is 0.821 bits per heavy atom. The normalized spacial score (nSPS) is 11.5. The molecular formula is C19H20F3N3O3. The summed E-state index contributed by atoms with van der Waals surface area (Å²) in [7, 11) is 0. The van der Waals surface area contributed by atoms with Crippen LogP contribution in [0.1, 0.15) is 26.3 Å². The van der Waals surface area contributed by atoms with Crippen LogP contribution in [0.2, 0.25) is 0 Å². The lowest BCUT2D eigenvalue weighted by Crippen LogP contribution is -2.27. The molecule has 0 saturated heterocycles. The largest absolute Gasteiger partial charge is 0.444 e. The van der Waals surface area contributed by atoms with Gasteiger partial charge in [0.25, 0.3) is 0 Å². The Bertz CT molecular complexity index is 844. The van der Waals surface area contributed by atoms with Crippen molar-refractivity contribution in [1.82, 2.24) is 0 Å². The van der Waals surface area contributed by atoms with Crippen LogP contribution in [-0.2, 0) is 10.9 Å². The first-order valence-electron chi connectivity index (χ1n) is 8.28. The molecule has 0 aliphatic heterocycles. The molecule has 0 aliphatic rings. The van der Waals surface area contributed by atoms with Gasteiger partial charge in [-0.2, -0.15) is 13.2 Å². The Hall–Kier alpha value is -3.23. The van der Waals surface area contributed by atoms with E-state index in [2.05, 4.69) is 16.0 Å². The number of carbonyl (C=O) groups is 2. The Labute approximate surface area is 160 Å². The van der Waals surface area contributed by atoms with Crippen molar-refractivity contribution in [3.63, 3.8) is 0 Å². The molecule has 0 aliphatic carbocycles. The molecule has 2 rings (SSSR count). The second-order valence-corrected chi connectivity index (χ2v) is 6.86. The van der Waals surface area contributed by atoms with Gasteiger partial charge in [0.05, 0.1) is 5.56 Å². The number of halogens is 3. The first-order chi connectivity index (χ1) is 12.9. The minimum Gasteiger partial charge on any atom is -0.444 e. The van der Waals surface area contributed by atoms with Crippen molar-refractivity contribution in [3.05, 3.63) is 54.1 Å². The minimum atomic E-state index is -4.44. The smallest absolute Gasteiger partial charge is 0.416 e. The molecular weight excluding hydrogens is 375 g/mol. The second-order valence-electron chi connectivity index (χ2n) is 6.86. The first-order valence-corrected chi connectivity index (χ1v) is 8.28. The molecule has 2 aromatic carbocycles. The van der Waals surface area contributed by atoms with E-state index in [-0.39, 0.29) is 5.69 Å². The maximum Gasteiger partial charge on any atom is 0.416 e. The Morgan fingerprint density at radius 3 is 1.89 bits per heavy atom. The van der Waals surface area contributed by atoms with Gasteiger partial charge >= 0.3 is 18.3 Å². The summed E-state index contributed by atoms with van der Waals surface area (Å²) in [5.41, 5.74) is -0.478. The molecule has 150 valence electrons. The highest BCUT2D eigenvalue weighted by Gasteiger charge is 2.30. The SMILES string of the molecule is CC(C)(C)OC(=O)Nc1cccc(NC(=O)Nc2ccc(C(F)(F)F)cc2)c1. The van der Waals surface area contributed by atoms with Crippen molar-refractivity contribution in [2.45, 2.75) is 32.5 Å². The van der Waals surface area contributed by atoms with Crippen LogP contribution < -0.4 is 16.0 Å². The summed E-state index contributed by atoms with van der Waals surface area (Å²) in [4.78, 5) is 23.8. The standard InChI is InChI=1S/C19H20F3N3O3/c1-18(2,3)28-17(27)25-15-6-4-5-14(11-15)24-16(26)23-13-9-7-12(8-10-13)19(20,21)22/h4-11H,1-3H3,(H,25,27)(H2,23,24,26). The van der Waals surface area contributed by atoms with Gasteiger partial charge < -0.3 is 15.4 Å². The summed E-state index contributed by atoms with van der Waals surface area (Å²) < 4.78 is 42.8. The van der Waals surface area contributed by atoms with E-state index in [0.717, 1.165) is 24.3 Å². The van der Waals surface area contributed by atoms with E-state index in [1.165, 1.54) is 6.07 Å². The van der Waals surface area contributed by atoms with Gasteiger partial charge in [-0.3, -0.25) is 5.32 Å². The number of hydrogen-bond acceptors (Lipinski definition) is 3. The second kappa shape index (κ2) is 8.20. The highest BCUT2D eigenvalue weighted by Crippen LogP contribution is 2.29. The monoisotopic (exact) mass is 395 g/mol. The lowest BCUT2D eigenvalue weighted by Gasteiger charge is -2.19. The average molecular weight is 395 g/mol. The summed E-state index contributed by atoms with van der Waals surface area (Å²) in [6.45, 7) is 5.20. The molecule has 28 heavy (non-hydrogen) atoms. The summed E-state index contributed by atoms with van der Waals surface area (Å²) >= 11 is 0. The molecule has 0 heterocycles. The van der Waals surface area contributed by atoms with Crippen LogP contribution in [0.4, 0.5) is 39.8 Å². The van der Waals surface area contributed by atoms with Crippen LogP contribution in [0.3, 0.4) is 0 Å². The van der Waals surface area contributed by atoms with Crippen LogP contribution in [0.15, 0.2) is 48.5 Å². The molecule has 0 aromatic heterocycles. The van der Waals surface area contributed by atoms with Crippen LogP contribution in [0.25, 0.3) is 0 Å². The van der Waals surface area contributed by atoms with E-state index in [1.807, 2.05) is 0 Å². The lowest BCUT2D eigenvalue weighted by atomic mass is 10.2. The molecule has 0 bridgehead atoms. The number of rotatable bonds is 3. The molecule has 2 aromatic rings. The third-order valence-corrected chi connectivity index (χ3v) is 3.24. The molecule has 0 fully saturated rings. The fraction of sp³-hybridized carbons (Fsp3) is 0.263. The number of anilines is 3. The highest BCUT2D eigenvalue weighted by atomic mass is 19.4. The molecule has 0 unspecified atom stereocenters. The predicted molar refractivity (Wildman–Crippen MR) is 100 cm³/mol. The van der Waals surface area contributed by atoms with Crippen LogP contribution >= 0.6 is 0 Å².